The Kier molecular flexibility index (Phi) is 5.44. The first-order chi connectivity index (χ1) is 12.0. The van der Waals surface area contributed by atoms with Crippen LogP contribution in [-0.4, -0.2) is 41.9 Å². The van der Waals surface area contributed by atoms with Crippen LogP contribution >= 0.6 is 11.6 Å². The Morgan fingerprint density at radius 3 is 2.84 bits per heavy atom. The molecule has 2 aliphatic rings. The summed E-state index contributed by atoms with van der Waals surface area (Å²) in [7, 11) is 2.09. The van der Waals surface area contributed by atoms with Gasteiger partial charge in [-0.15, -0.1) is 0 Å². The number of hydrogen-bond donors (Lipinski definition) is 1. The fourth-order valence-electron chi connectivity index (χ4n) is 4.20. The van der Waals surface area contributed by atoms with Gasteiger partial charge < -0.3 is 10.2 Å². The van der Waals surface area contributed by atoms with Gasteiger partial charge in [-0.25, -0.2) is 9.98 Å². The molecule has 1 aliphatic heterocycles. The van der Waals surface area contributed by atoms with Crippen LogP contribution in [0.5, 0.6) is 0 Å². The second kappa shape index (κ2) is 7.42. The molecular weight excluding hydrogens is 334 g/mol. The van der Waals surface area contributed by atoms with Crippen LogP contribution in [0.4, 0.5) is 11.8 Å². The van der Waals surface area contributed by atoms with E-state index in [2.05, 4.69) is 52.7 Å². The van der Waals surface area contributed by atoms with Gasteiger partial charge in [-0.05, 0) is 24.8 Å². The lowest BCUT2D eigenvalue weighted by atomic mass is 9.81. The Bertz CT molecular complexity index is 658. The van der Waals surface area contributed by atoms with E-state index in [4.69, 9.17) is 11.6 Å². The van der Waals surface area contributed by atoms with Crippen molar-refractivity contribution in [2.24, 2.45) is 16.3 Å². The van der Waals surface area contributed by atoms with Crippen molar-refractivity contribution in [1.82, 2.24) is 15.3 Å². The summed E-state index contributed by atoms with van der Waals surface area (Å²) in [5.74, 6) is 1.48. The number of aliphatic imine (C=N–C) groups is 1. The van der Waals surface area contributed by atoms with Crippen molar-refractivity contribution < 1.29 is 0 Å². The zero-order valence-corrected chi connectivity index (χ0v) is 16.2. The molecule has 0 aromatic carbocycles. The monoisotopic (exact) mass is 361 g/mol. The molecule has 0 bridgehead atoms. The largest absolute Gasteiger partial charge is 0.339 e. The maximum absolute atomic E-state index is 6.29. The quantitative estimate of drug-likeness (QED) is 0.805. The number of halogens is 1. The molecule has 1 saturated heterocycles. The fraction of sp³-hybridized carbons (Fsp3) is 0.632. The third-order valence-electron chi connectivity index (χ3n) is 5.65. The summed E-state index contributed by atoms with van der Waals surface area (Å²) in [5.41, 5.74) is 1.23. The third kappa shape index (κ3) is 3.58. The van der Waals surface area contributed by atoms with E-state index in [1.54, 1.807) is 12.3 Å². The van der Waals surface area contributed by atoms with E-state index in [0.29, 0.717) is 28.2 Å². The van der Waals surface area contributed by atoms with Crippen LogP contribution in [0.15, 0.2) is 23.8 Å². The number of aromatic nitrogens is 2. The molecule has 25 heavy (non-hydrogen) atoms. The lowest BCUT2D eigenvalue weighted by Crippen LogP contribution is -2.45. The smallest absolute Gasteiger partial charge is 0.227 e. The molecule has 1 aromatic rings. The standard InChI is InChI=1S/C19H28ClN5/c1-5-15(13(2)3)23-17-14(20)10-22-18(24-17)25(4)16-11-21-12-19(16)8-6-7-9-19/h5,10,13,16,21H,1,6-9,11-12H2,2-4H3. The van der Waals surface area contributed by atoms with Gasteiger partial charge in [0.2, 0.25) is 5.95 Å². The molecule has 136 valence electrons. The fourth-order valence-corrected chi connectivity index (χ4v) is 4.33. The van der Waals surface area contributed by atoms with E-state index in [1.807, 2.05) is 0 Å². The van der Waals surface area contributed by atoms with Crippen LogP contribution in [0.1, 0.15) is 39.5 Å². The van der Waals surface area contributed by atoms with E-state index >= 15 is 0 Å². The van der Waals surface area contributed by atoms with Crippen molar-refractivity contribution in [2.45, 2.75) is 45.6 Å². The Balaban J connectivity index is 1.90. The highest BCUT2D eigenvalue weighted by molar-refractivity contribution is 6.32. The molecule has 5 nitrogen and oxygen atoms in total. The van der Waals surface area contributed by atoms with Gasteiger partial charge in [0.05, 0.1) is 12.2 Å². The highest BCUT2D eigenvalue weighted by Gasteiger charge is 2.47. The van der Waals surface area contributed by atoms with Crippen LogP contribution in [0, 0.1) is 11.3 Å². The van der Waals surface area contributed by atoms with Crippen molar-refractivity contribution in [3.8, 4) is 0 Å². The summed E-state index contributed by atoms with van der Waals surface area (Å²) in [6.07, 6.45) is 8.62. The molecule has 2 heterocycles. The summed E-state index contributed by atoms with van der Waals surface area (Å²) in [6.45, 7) is 10.1. The Labute approximate surface area is 155 Å². The van der Waals surface area contributed by atoms with E-state index in [1.165, 1.54) is 25.7 Å². The predicted octanol–water partition coefficient (Wildman–Crippen LogP) is 4.01. The number of anilines is 1. The van der Waals surface area contributed by atoms with Crippen LogP contribution in [-0.2, 0) is 0 Å². The second-order valence-electron chi connectivity index (χ2n) is 7.56. The number of allylic oxidation sites excluding steroid dienone is 1. The first-order valence-electron chi connectivity index (χ1n) is 9.14. The average Bonchev–Trinajstić information content (AvgIpc) is 3.23. The molecule has 1 unspecified atom stereocenters. The van der Waals surface area contributed by atoms with Gasteiger partial charge in [-0.2, -0.15) is 4.98 Å². The zero-order chi connectivity index (χ0) is 18.0. The molecule has 1 aromatic heterocycles. The van der Waals surface area contributed by atoms with Crippen molar-refractivity contribution in [1.29, 1.82) is 0 Å². The summed E-state index contributed by atoms with van der Waals surface area (Å²) >= 11 is 6.29. The Hall–Kier alpha value is -1.46. The van der Waals surface area contributed by atoms with Gasteiger partial charge in [-0.3, -0.25) is 0 Å². The highest BCUT2D eigenvalue weighted by atomic mass is 35.5. The molecule has 3 rings (SSSR count). The number of nitrogens with zero attached hydrogens (tertiary/aromatic N) is 4. The minimum absolute atomic E-state index is 0.269. The first-order valence-corrected chi connectivity index (χ1v) is 9.52. The van der Waals surface area contributed by atoms with Crippen molar-refractivity contribution in [2.75, 3.05) is 25.0 Å². The SMILES string of the molecule is C=CC(=Nc1nc(N(C)C2CNCC23CCCC3)ncc1Cl)C(C)C. The summed E-state index contributed by atoms with van der Waals surface area (Å²) in [5, 5.41) is 4.04. The number of rotatable bonds is 5. The second-order valence-corrected chi connectivity index (χ2v) is 7.97. The van der Waals surface area contributed by atoms with Crippen LogP contribution in [0.3, 0.4) is 0 Å². The molecule has 1 aliphatic carbocycles. The molecule has 2 fully saturated rings. The maximum Gasteiger partial charge on any atom is 0.227 e. The molecule has 0 amide bonds. The summed E-state index contributed by atoms with van der Waals surface area (Å²) in [6, 6.07) is 0.414. The van der Waals surface area contributed by atoms with E-state index < -0.39 is 0 Å². The van der Waals surface area contributed by atoms with Crippen LogP contribution < -0.4 is 10.2 Å². The molecule has 1 saturated carbocycles. The highest BCUT2D eigenvalue weighted by Crippen LogP contribution is 2.45. The minimum atomic E-state index is 0.269. The Morgan fingerprint density at radius 1 is 1.48 bits per heavy atom. The molecule has 1 N–H and O–H groups in total. The van der Waals surface area contributed by atoms with E-state index in [9.17, 15) is 0 Å². The topological polar surface area (TPSA) is 53.4 Å². The maximum atomic E-state index is 6.29. The number of likely N-dealkylation sites (N-methyl/N-ethyl adjacent to an activating group) is 1. The summed E-state index contributed by atoms with van der Waals surface area (Å²) < 4.78 is 0. The lowest BCUT2D eigenvalue weighted by Gasteiger charge is -2.36. The number of hydrogen-bond acceptors (Lipinski definition) is 5. The van der Waals surface area contributed by atoms with Crippen LogP contribution in [0.2, 0.25) is 5.02 Å². The lowest BCUT2D eigenvalue weighted by molar-refractivity contribution is 0.287. The third-order valence-corrected chi connectivity index (χ3v) is 5.92. The van der Waals surface area contributed by atoms with Gasteiger partial charge in [0.15, 0.2) is 5.82 Å². The molecule has 6 heteroatoms. The predicted molar refractivity (Wildman–Crippen MR) is 105 cm³/mol. The molecular formula is C19H28ClN5. The molecule has 1 spiro atoms. The van der Waals surface area contributed by atoms with Gasteiger partial charge in [0, 0.05) is 31.3 Å². The van der Waals surface area contributed by atoms with Gasteiger partial charge >= 0.3 is 0 Å². The van der Waals surface area contributed by atoms with Crippen molar-refractivity contribution >= 4 is 29.1 Å². The first kappa shape index (κ1) is 18.3. The zero-order valence-electron chi connectivity index (χ0n) is 15.4. The van der Waals surface area contributed by atoms with Gasteiger partial charge in [-0.1, -0.05) is 44.9 Å². The van der Waals surface area contributed by atoms with E-state index in [-0.39, 0.29) is 5.92 Å². The van der Waals surface area contributed by atoms with Crippen molar-refractivity contribution in [3.05, 3.63) is 23.9 Å². The molecule has 0 radical (unpaired) electrons. The number of nitrogens with one attached hydrogen (secondary N) is 1. The minimum Gasteiger partial charge on any atom is -0.339 e. The Morgan fingerprint density at radius 2 is 2.20 bits per heavy atom. The van der Waals surface area contributed by atoms with Gasteiger partial charge in [0.25, 0.3) is 0 Å². The normalized spacial score (nSPS) is 22.8. The van der Waals surface area contributed by atoms with Gasteiger partial charge in [0.1, 0.15) is 5.02 Å². The van der Waals surface area contributed by atoms with E-state index in [0.717, 1.165) is 18.8 Å². The average molecular weight is 362 g/mol. The molecule has 1 atom stereocenters. The van der Waals surface area contributed by atoms with Crippen molar-refractivity contribution in [3.63, 3.8) is 0 Å². The van der Waals surface area contributed by atoms with Crippen LogP contribution in [0.25, 0.3) is 0 Å². The summed E-state index contributed by atoms with van der Waals surface area (Å²) in [4.78, 5) is 16.0.